The van der Waals surface area contributed by atoms with Gasteiger partial charge < -0.3 is 5.73 Å². The van der Waals surface area contributed by atoms with Crippen molar-refractivity contribution in [3.05, 3.63) is 16.7 Å². The van der Waals surface area contributed by atoms with Crippen LogP contribution in [0.15, 0.2) is 16.7 Å². The summed E-state index contributed by atoms with van der Waals surface area (Å²) in [6.07, 6.45) is 9.14. The second-order valence-corrected chi connectivity index (χ2v) is 7.34. The van der Waals surface area contributed by atoms with Crippen molar-refractivity contribution >= 4 is 44.8 Å². The summed E-state index contributed by atoms with van der Waals surface area (Å²) in [7, 11) is 0. The van der Waals surface area contributed by atoms with Gasteiger partial charge in [-0.05, 0) is 41.1 Å². The lowest BCUT2D eigenvalue weighted by Crippen LogP contribution is -2.27. The first kappa shape index (κ1) is 13.2. The third-order valence-corrected chi connectivity index (χ3v) is 5.81. The number of hydrogen-bond donors (Lipinski definition) is 1. The van der Waals surface area contributed by atoms with Crippen LogP contribution in [0.5, 0.6) is 0 Å². The first-order valence-electron chi connectivity index (χ1n) is 6.46. The van der Waals surface area contributed by atoms with Crippen molar-refractivity contribution in [1.82, 2.24) is 14.5 Å². The van der Waals surface area contributed by atoms with Gasteiger partial charge in [-0.25, -0.2) is 9.97 Å². The van der Waals surface area contributed by atoms with E-state index in [2.05, 4.69) is 36.7 Å². The van der Waals surface area contributed by atoms with E-state index in [1.54, 1.807) is 6.20 Å². The molecule has 6 heteroatoms. The highest BCUT2D eigenvalue weighted by atomic mass is 79.9. The smallest absolute Gasteiger partial charge is 0.202 e. The number of thioether (sulfide) groups is 1. The molecule has 0 aromatic carbocycles. The second-order valence-electron chi connectivity index (χ2n) is 5.15. The number of halogens is 1. The van der Waals surface area contributed by atoms with Gasteiger partial charge in [0.1, 0.15) is 5.52 Å². The minimum absolute atomic E-state index is 0.302. The SMILES string of the molecule is CSC1(Cn2c(N)nc3cc(Br)cnc32)CCCC1. The van der Waals surface area contributed by atoms with Crippen molar-refractivity contribution in [3.63, 3.8) is 0 Å². The zero-order chi connectivity index (χ0) is 13.5. The number of aromatic nitrogens is 3. The number of imidazole rings is 1. The van der Waals surface area contributed by atoms with Crippen LogP contribution in [0.2, 0.25) is 0 Å². The van der Waals surface area contributed by atoms with Crippen LogP contribution in [0.1, 0.15) is 25.7 Å². The molecular weight excluding hydrogens is 324 g/mol. The van der Waals surface area contributed by atoms with Crippen molar-refractivity contribution in [2.24, 2.45) is 0 Å². The fraction of sp³-hybridized carbons (Fsp3) is 0.538. The van der Waals surface area contributed by atoms with Crippen LogP contribution in [-0.4, -0.2) is 25.5 Å². The van der Waals surface area contributed by atoms with Crippen LogP contribution < -0.4 is 5.73 Å². The summed E-state index contributed by atoms with van der Waals surface area (Å²) in [5.74, 6) is 0.570. The van der Waals surface area contributed by atoms with Gasteiger partial charge in [0.15, 0.2) is 5.65 Å². The molecule has 102 valence electrons. The monoisotopic (exact) mass is 340 g/mol. The first-order valence-corrected chi connectivity index (χ1v) is 8.48. The normalized spacial score (nSPS) is 18.2. The van der Waals surface area contributed by atoms with E-state index >= 15 is 0 Å². The molecule has 1 saturated carbocycles. The second kappa shape index (κ2) is 4.98. The molecule has 1 fully saturated rings. The maximum Gasteiger partial charge on any atom is 0.202 e. The van der Waals surface area contributed by atoms with E-state index in [0.29, 0.717) is 10.7 Å². The number of hydrogen-bond acceptors (Lipinski definition) is 4. The predicted octanol–water partition coefficient (Wildman–Crippen LogP) is 3.45. The van der Waals surface area contributed by atoms with E-state index < -0.39 is 0 Å². The third kappa shape index (κ3) is 2.36. The number of nitrogen functional groups attached to an aromatic ring is 1. The highest BCUT2D eigenvalue weighted by molar-refractivity contribution is 9.10. The molecule has 2 aromatic rings. The lowest BCUT2D eigenvalue weighted by Gasteiger charge is -2.27. The summed E-state index contributed by atoms with van der Waals surface area (Å²) < 4.78 is 3.31. The van der Waals surface area contributed by atoms with Crippen LogP contribution in [-0.2, 0) is 6.54 Å². The van der Waals surface area contributed by atoms with Gasteiger partial charge in [-0.1, -0.05) is 12.8 Å². The minimum atomic E-state index is 0.302. The van der Waals surface area contributed by atoms with Crippen LogP contribution >= 0.6 is 27.7 Å². The number of rotatable bonds is 3. The molecular formula is C13H17BrN4S. The van der Waals surface area contributed by atoms with Gasteiger partial charge in [-0.3, -0.25) is 4.57 Å². The number of pyridine rings is 1. The van der Waals surface area contributed by atoms with Crippen molar-refractivity contribution < 1.29 is 0 Å². The Labute approximate surface area is 125 Å². The molecule has 2 heterocycles. The van der Waals surface area contributed by atoms with Gasteiger partial charge in [0.2, 0.25) is 5.95 Å². The molecule has 1 aliphatic carbocycles. The van der Waals surface area contributed by atoms with Gasteiger partial charge in [0.25, 0.3) is 0 Å². The van der Waals surface area contributed by atoms with Gasteiger partial charge >= 0.3 is 0 Å². The zero-order valence-electron chi connectivity index (χ0n) is 10.9. The Morgan fingerprint density at radius 3 is 2.89 bits per heavy atom. The Bertz CT molecular complexity index is 604. The minimum Gasteiger partial charge on any atom is -0.369 e. The summed E-state index contributed by atoms with van der Waals surface area (Å²) in [4.78, 5) is 8.89. The summed E-state index contributed by atoms with van der Waals surface area (Å²) >= 11 is 5.38. The van der Waals surface area contributed by atoms with E-state index in [9.17, 15) is 0 Å². The molecule has 0 atom stereocenters. The number of anilines is 1. The fourth-order valence-corrected chi connectivity index (χ4v) is 4.17. The number of nitrogens with two attached hydrogens (primary N) is 1. The maximum absolute atomic E-state index is 6.08. The molecule has 3 rings (SSSR count). The zero-order valence-corrected chi connectivity index (χ0v) is 13.3. The van der Waals surface area contributed by atoms with E-state index in [1.807, 2.05) is 17.8 Å². The average Bonchev–Trinajstić information content (AvgIpc) is 2.96. The molecule has 2 aromatic heterocycles. The van der Waals surface area contributed by atoms with Gasteiger partial charge in [0.05, 0.1) is 0 Å². The van der Waals surface area contributed by atoms with E-state index in [0.717, 1.165) is 22.2 Å². The largest absolute Gasteiger partial charge is 0.369 e. The standard InChI is InChI=1S/C13H17BrN4S/c1-19-13(4-2-3-5-13)8-18-11-10(17-12(18)15)6-9(14)7-16-11/h6-7H,2-5,8H2,1H3,(H2,15,17). The van der Waals surface area contributed by atoms with Gasteiger partial charge in [-0.2, -0.15) is 11.8 Å². The van der Waals surface area contributed by atoms with Crippen LogP contribution in [0, 0.1) is 0 Å². The van der Waals surface area contributed by atoms with E-state index in [-0.39, 0.29) is 0 Å². The van der Waals surface area contributed by atoms with Crippen molar-refractivity contribution in [3.8, 4) is 0 Å². The molecule has 19 heavy (non-hydrogen) atoms. The molecule has 0 spiro atoms. The lowest BCUT2D eigenvalue weighted by atomic mass is 10.1. The lowest BCUT2D eigenvalue weighted by molar-refractivity contribution is 0.516. The highest BCUT2D eigenvalue weighted by Crippen LogP contribution is 2.42. The summed E-state index contributed by atoms with van der Waals surface area (Å²) in [6, 6.07) is 1.97. The van der Waals surface area contributed by atoms with Gasteiger partial charge in [-0.15, -0.1) is 0 Å². The van der Waals surface area contributed by atoms with Crippen molar-refractivity contribution in [1.29, 1.82) is 0 Å². The summed E-state index contributed by atoms with van der Waals surface area (Å²) in [5.41, 5.74) is 7.83. The Hall–Kier alpha value is -0.750. The maximum atomic E-state index is 6.08. The Morgan fingerprint density at radius 1 is 1.47 bits per heavy atom. The van der Waals surface area contributed by atoms with Crippen LogP contribution in [0.3, 0.4) is 0 Å². The first-order chi connectivity index (χ1) is 9.13. The molecule has 0 aliphatic heterocycles. The Morgan fingerprint density at radius 2 is 2.21 bits per heavy atom. The molecule has 0 saturated heterocycles. The number of nitrogens with zero attached hydrogens (tertiary/aromatic N) is 3. The molecule has 0 bridgehead atoms. The third-order valence-electron chi connectivity index (χ3n) is 3.98. The molecule has 0 radical (unpaired) electrons. The fourth-order valence-electron chi connectivity index (χ4n) is 2.89. The molecule has 4 nitrogen and oxygen atoms in total. The molecule has 1 aliphatic rings. The summed E-state index contributed by atoms with van der Waals surface area (Å²) in [5, 5.41) is 0. The summed E-state index contributed by atoms with van der Waals surface area (Å²) in [6.45, 7) is 0.908. The average molecular weight is 341 g/mol. The van der Waals surface area contributed by atoms with Crippen molar-refractivity contribution in [2.45, 2.75) is 37.0 Å². The van der Waals surface area contributed by atoms with E-state index in [1.165, 1.54) is 25.7 Å². The van der Waals surface area contributed by atoms with E-state index in [4.69, 9.17) is 5.73 Å². The Balaban J connectivity index is 2.02. The molecule has 2 N–H and O–H groups in total. The predicted molar refractivity (Wildman–Crippen MR) is 84.4 cm³/mol. The number of fused-ring (bicyclic) bond motifs is 1. The molecule has 0 unspecified atom stereocenters. The van der Waals surface area contributed by atoms with Crippen LogP contribution in [0.4, 0.5) is 5.95 Å². The highest BCUT2D eigenvalue weighted by Gasteiger charge is 2.34. The Kier molecular flexibility index (Phi) is 3.47. The quantitative estimate of drug-likeness (QED) is 0.929. The van der Waals surface area contributed by atoms with Crippen LogP contribution in [0.25, 0.3) is 11.2 Å². The van der Waals surface area contributed by atoms with Gasteiger partial charge in [0, 0.05) is 22.0 Å². The molecule has 0 amide bonds. The van der Waals surface area contributed by atoms with Crippen molar-refractivity contribution in [2.75, 3.05) is 12.0 Å². The topological polar surface area (TPSA) is 56.7 Å².